The minimum Gasteiger partial charge on any atom is -0.349 e. The second-order valence-corrected chi connectivity index (χ2v) is 5.88. The van der Waals surface area contributed by atoms with E-state index in [1.54, 1.807) is 0 Å². The molecule has 23 heavy (non-hydrogen) atoms. The van der Waals surface area contributed by atoms with Gasteiger partial charge >= 0.3 is 0 Å². The highest BCUT2D eigenvalue weighted by molar-refractivity contribution is 7.12. The van der Waals surface area contributed by atoms with E-state index in [4.69, 9.17) is 0 Å². The summed E-state index contributed by atoms with van der Waals surface area (Å²) < 4.78 is 14.4. The quantitative estimate of drug-likeness (QED) is 0.789. The first-order valence-corrected chi connectivity index (χ1v) is 7.79. The topological polar surface area (TPSA) is 76.9 Å². The molecular formula is C15H13FN4O2S. The fraction of sp³-hybridized carbons (Fsp3) is 0.200. The van der Waals surface area contributed by atoms with Gasteiger partial charge in [-0.25, -0.2) is 9.07 Å². The summed E-state index contributed by atoms with van der Waals surface area (Å²) in [6.45, 7) is 2.25. The van der Waals surface area contributed by atoms with Gasteiger partial charge in [0.2, 0.25) is 0 Å². The van der Waals surface area contributed by atoms with E-state index in [2.05, 4.69) is 15.6 Å². The number of fused-ring (bicyclic) bond motifs is 1. The molecule has 0 radical (unpaired) electrons. The van der Waals surface area contributed by atoms with Gasteiger partial charge in [0.05, 0.1) is 16.8 Å². The van der Waals surface area contributed by atoms with Crippen LogP contribution in [0.15, 0.2) is 34.4 Å². The number of hydrogen-bond acceptors (Lipinski definition) is 5. The maximum atomic E-state index is 13.2. The first-order valence-electron chi connectivity index (χ1n) is 6.91. The molecule has 0 saturated heterocycles. The SMILES string of the molecule is Cc1ccsc1C(=O)NCCn1nnc2ccc(F)cc2c1=O. The van der Waals surface area contributed by atoms with Crippen LogP contribution in [0.2, 0.25) is 0 Å². The van der Waals surface area contributed by atoms with Gasteiger partial charge < -0.3 is 5.32 Å². The lowest BCUT2D eigenvalue weighted by molar-refractivity contribution is 0.0955. The molecule has 0 aliphatic rings. The van der Waals surface area contributed by atoms with Gasteiger partial charge in [-0.3, -0.25) is 9.59 Å². The Balaban J connectivity index is 1.73. The number of aryl methyl sites for hydroxylation is 1. The zero-order chi connectivity index (χ0) is 16.4. The molecule has 0 atom stereocenters. The highest BCUT2D eigenvalue weighted by atomic mass is 32.1. The minimum absolute atomic E-state index is 0.161. The van der Waals surface area contributed by atoms with Gasteiger partial charge in [0.25, 0.3) is 11.5 Å². The Morgan fingerprint density at radius 3 is 2.96 bits per heavy atom. The number of nitrogens with zero attached hydrogens (tertiary/aromatic N) is 3. The Kier molecular flexibility index (Phi) is 4.16. The molecule has 1 N–H and O–H groups in total. The molecule has 0 unspecified atom stereocenters. The number of halogens is 1. The van der Waals surface area contributed by atoms with Crippen LogP contribution in [-0.4, -0.2) is 27.4 Å². The van der Waals surface area contributed by atoms with Crippen LogP contribution in [0.1, 0.15) is 15.2 Å². The molecular weight excluding hydrogens is 319 g/mol. The minimum atomic E-state index is -0.504. The maximum absolute atomic E-state index is 13.2. The fourth-order valence-electron chi connectivity index (χ4n) is 2.16. The summed E-state index contributed by atoms with van der Waals surface area (Å²) in [5.74, 6) is -0.694. The van der Waals surface area contributed by atoms with E-state index in [9.17, 15) is 14.0 Å². The van der Waals surface area contributed by atoms with E-state index in [1.807, 2.05) is 18.4 Å². The normalized spacial score (nSPS) is 10.9. The molecule has 1 aromatic carbocycles. The fourth-order valence-corrected chi connectivity index (χ4v) is 3.00. The Bertz CT molecular complexity index is 935. The lowest BCUT2D eigenvalue weighted by atomic mass is 10.2. The highest BCUT2D eigenvalue weighted by Gasteiger charge is 2.11. The smallest absolute Gasteiger partial charge is 0.277 e. The Morgan fingerprint density at radius 2 is 2.22 bits per heavy atom. The molecule has 3 rings (SSSR count). The van der Waals surface area contributed by atoms with Gasteiger partial charge in [-0.15, -0.1) is 16.4 Å². The van der Waals surface area contributed by atoms with Gasteiger partial charge in [-0.1, -0.05) is 5.21 Å². The first-order chi connectivity index (χ1) is 11.1. The van der Waals surface area contributed by atoms with Crippen LogP contribution in [0.5, 0.6) is 0 Å². The number of aromatic nitrogens is 3. The van der Waals surface area contributed by atoms with Crippen molar-refractivity contribution >= 4 is 28.1 Å². The van der Waals surface area contributed by atoms with E-state index in [1.165, 1.54) is 23.5 Å². The molecule has 1 amide bonds. The van der Waals surface area contributed by atoms with Crippen molar-refractivity contribution in [1.29, 1.82) is 0 Å². The summed E-state index contributed by atoms with van der Waals surface area (Å²) in [6, 6.07) is 5.64. The average Bonchev–Trinajstić information content (AvgIpc) is 2.96. The van der Waals surface area contributed by atoms with Crippen molar-refractivity contribution in [1.82, 2.24) is 20.3 Å². The van der Waals surface area contributed by atoms with E-state index >= 15 is 0 Å². The van der Waals surface area contributed by atoms with E-state index in [-0.39, 0.29) is 24.4 Å². The number of thiophene rings is 1. The molecule has 8 heteroatoms. The Labute approximate surface area is 134 Å². The van der Waals surface area contributed by atoms with Crippen LogP contribution in [0.3, 0.4) is 0 Å². The molecule has 2 heterocycles. The number of carbonyl (C=O) groups excluding carboxylic acids is 1. The van der Waals surface area contributed by atoms with Crippen LogP contribution in [0.4, 0.5) is 4.39 Å². The van der Waals surface area contributed by atoms with Crippen molar-refractivity contribution in [2.75, 3.05) is 6.54 Å². The molecule has 6 nitrogen and oxygen atoms in total. The van der Waals surface area contributed by atoms with Gasteiger partial charge in [-0.05, 0) is 42.1 Å². The summed E-state index contributed by atoms with van der Waals surface area (Å²) in [6.07, 6.45) is 0. The van der Waals surface area contributed by atoms with E-state index in [0.29, 0.717) is 10.4 Å². The second-order valence-electron chi connectivity index (χ2n) is 4.97. The predicted octanol–water partition coefficient (Wildman–Crippen LogP) is 1.73. The van der Waals surface area contributed by atoms with Crippen LogP contribution in [0.25, 0.3) is 10.9 Å². The molecule has 0 saturated carbocycles. The number of amides is 1. The molecule has 0 bridgehead atoms. The van der Waals surface area contributed by atoms with Crippen molar-refractivity contribution in [3.8, 4) is 0 Å². The highest BCUT2D eigenvalue weighted by Crippen LogP contribution is 2.14. The van der Waals surface area contributed by atoms with E-state index < -0.39 is 11.4 Å². The number of rotatable bonds is 4. The summed E-state index contributed by atoms with van der Waals surface area (Å²) in [5.41, 5.74) is 0.813. The molecule has 2 aromatic heterocycles. The summed E-state index contributed by atoms with van der Waals surface area (Å²) in [7, 11) is 0. The van der Waals surface area contributed by atoms with Crippen molar-refractivity contribution in [3.63, 3.8) is 0 Å². The number of hydrogen-bond donors (Lipinski definition) is 1. The molecule has 0 spiro atoms. The van der Waals surface area contributed by atoms with Crippen LogP contribution >= 0.6 is 11.3 Å². The van der Waals surface area contributed by atoms with Gasteiger partial charge in [0.1, 0.15) is 11.3 Å². The number of carbonyl (C=O) groups is 1. The van der Waals surface area contributed by atoms with Crippen molar-refractivity contribution in [2.24, 2.45) is 0 Å². The van der Waals surface area contributed by atoms with Crippen molar-refractivity contribution in [3.05, 3.63) is 56.3 Å². The number of benzene rings is 1. The summed E-state index contributed by atoms with van der Waals surface area (Å²) in [4.78, 5) is 24.9. The average molecular weight is 332 g/mol. The van der Waals surface area contributed by atoms with Crippen LogP contribution < -0.4 is 10.9 Å². The Morgan fingerprint density at radius 1 is 1.39 bits per heavy atom. The monoisotopic (exact) mass is 332 g/mol. The molecule has 0 aliphatic heterocycles. The van der Waals surface area contributed by atoms with Gasteiger partial charge in [0.15, 0.2) is 0 Å². The molecule has 0 fully saturated rings. The Hall–Kier alpha value is -2.61. The predicted molar refractivity (Wildman–Crippen MR) is 85.1 cm³/mol. The lowest BCUT2D eigenvalue weighted by Gasteiger charge is -2.06. The third-order valence-corrected chi connectivity index (χ3v) is 4.38. The van der Waals surface area contributed by atoms with Crippen LogP contribution in [-0.2, 0) is 6.54 Å². The van der Waals surface area contributed by atoms with Gasteiger partial charge in [0, 0.05) is 6.54 Å². The zero-order valence-corrected chi connectivity index (χ0v) is 13.1. The zero-order valence-electron chi connectivity index (χ0n) is 12.2. The maximum Gasteiger partial charge on any atom is 0.277 e. The van der Waals surface area contributed by atoms with E-state index in [0.717, 1.165) is 16.3 Å². The first kappa shape index (κ1) is 15.3. The lowest BCUT2D eigenvalue weighted by Crippen LogP contribution is -2.32. The second kappa shape index (κ2) is 6.25. The van der Waals surface area contributed by atoms with Crippen molar-refractivity contribution < 1.29 is 9.18 Å². The summed E-state index contributed by atoms with van der Waals surface area (Å²) in [5, 5.41) is 12.4. The molecule has 0 aliphatic carbocycles. The summed E-state index contributed by atoms with van der Waals surface area (Å²) >= 11 is 1.36. The van der Waals surface area contributed by atoms with Crippen LogP contribution in [0, 0.1) is 12.7 Å². The van der Waals surface area contributed by atoms with Crippen molar-refractivity contribution in [2.45, 2.75) is 13.5 Å². The number of nitrogens with one attached hydrogen (secondary N) is 1. The van der Waals surface area contributed by atoms with Gasteiger partial charge in [-0.2, -0.15) is 0 Å². The largest absolute Gasteiger partial charge is 0.349 e. The third kappa shape index (κ3) is 3.11. The molecule has 118 valence electrons. The molecule has 3 aromatic rings. The standard InChI is InChI=1S/C15H13FN4O2S/c1-9-4-7-23-13(9)14(21)17-5-6-20-15(22)11-8-10(16)2-3-12(11)18-19-20/h2-4,7-8H,5-6H2,1H3,(H,17,21). The third-order valence-electron chi connectivity index (χ3n) is 3.36.